The molecule has 0 amide bonds. The van der Waals surface area contributed by atoms with E-state index in [4.69, 9.17) is 0 Å². The molecular formula is C12H14O. The van der Waals surface area contributed by atoms with Crippen molar-refractivity contribution < 1.29 is 4.79 Å². The molecule has 1 heteroatoms. The third-order valence-electron chi connectivity index (χ3n) is 2.30. The van der Waals surface area contributed by atoms with Gasteiger partial charge in [0.15, 0.2) is 5.78 Å². The van der Waals surface area contributed by atoms with Crippen LogP contribution in [0.1, 0.15) is 19.4 Å². The third kappa shape index (κ3) is 1.86. The highest BCUT2D eigenvalue weighted by Crippen LogP contribution is 2.23. The van der Waals surface area contributed by atoms with E-state index in [-0.39, 0.29) is 5.78 Å². The molecular weight excluding hydrogens is 160 g/mol. The van der Waals surface area contributed by atoms with Crippen LogP contribution in [0.15, 0.2) is 43.0 Å². The van der Waals surface area contributed by atoms with Gasteiger partial charge in [-0.2, -0.15) is 0 Å². The van der Waals surface area contributed by atoms with Crippen LogP contribution in [0.5, 0.6) is 0 Å². The maximum atomic E-state index is 11.5. The van der Waals surface area contributed by atoms with Gasteiger partial charge in [0.25, 0.3) is 0 Å². The van der Waals surface area contributed by atoms with E-state index in [9.17, 15) is 4.79 Å². The highest BCUT2D eigenvalue weighted by Gasteiger charge is 2.26. The number of rotatable bonds is 3. The van der Waals surface area contributed by atoms with Crippen LogP contribution >= 0.6 is 0 Å². The van der Waals surface area contributed by atoms with Gasteiger partial charge < -0.3 is 0 Å². The number of benzene rings is 1. The molecule has 0 heterocycles. The smallest absolute Gasteiger partial charge is 0.165 e. The van der Waals surface area contributed by atoms with Crippen molar-refractivity contribution in [3.63, 3.8) is 0 Å². The molecule has 0 spiro atoms. The zero-order chi connectivity index (χ0) is 9.90. The number of allylic oxidation sites excluding steroid dienone is 1. The first-order valence-corrected chi connectivity index (χ1v) is 4.31. The van der Waals surface area contributed by atoms with Gasteiger partial charge in [0, 0.05) is 0 Å². The summed E-state index contributed by atoms with van der Waals surface area (Å²) in [5, 5.41) is 0. The molecule has 0 aromatic heterocycles. The van der Waals surface area contributed by atoms with Gasteiger partial charge in [-0.25, -0.2) is 0 Å². The summed E-state index contributed by atoms with van der Waals surface area (Å²) in [7, 11) is 0. The normalized spacial score (nSPS) is 10.9. The number of carbonyl (C=O) groups excluding carboxylic acids is 1. The average Bonchev–Trinajstić information content (AvgIpc) is 2.18. The number of hydrogen-bond donors (Lipinski definition) is 0. The van der Waals surface area contributed by atoms with Crippen LogP contribution in [-0.4, -0.2) is 5.78 Å². The summed E-state index contributed by atoms with van der Waals surface area (Å²) in [6.45, 7) is 7.32. The number of carbonyl (C=O) groups is 1. The van der Waals surface area contributed by atoms with Gasteiger partial charge in [-0.1, -0.05) is 36.9 Å². The van der Waals surface area contributed by atoms with Gasteiger partial charge in [-0.15, -0.1) is 0 Å². The highest BCUT2D eigenvalue weighted by atomic mass is 16.1. The van der Waals surface area contributed by atoms with E-state index in [1.54, 1.807) is 0 Å². The summed E-state index contributed by atoms with van der Waals surface area (Å²) in [4.78, 5) is 11.5. The van der Waals surface area contributed by atoms with E-state index in [0.29, 0.717) is 0 Å². The standard InChI is InChI=1S/C12H14O/c1-4-11(13)12(2,3)10-8-6-5-7-9-10/h4-9H,1H2,2-3H3. The number of ketones is 1. The van der Waals surface area contributed by atoms with E-state index in [2.05, 4.69) is 6.58 Å². The first-order chi connectivity index (χ1) is 6.09. The Labute approximate surface area is 79.1 Å². The van der Waals surface area contributed by atoms with Crippen molar-refractivity contribution >= 4 is 5.78 Å². The SMILES string of the molecule is C=CC(=O)C(C)(C)c1ccccc1. The molecule has 0 N–H and O–H groups in total. The Balaban J connectivity index is 3.07. The molecule has 0 radical (unpaired) electrons. The molecule has 0 fully saturated rings. The number of hydrogen-bond acceptors (Lipinski definition) is 1. The second-order valence-corrected chi connectivity index (χ2v) is 3.56. The van der Waals surface area contributed by atoms with Crippen LogP contribution in [0, 0.1) is 0 Å². The minimum absolute atomic E-state index is 0.0544. The maximum absolute atomic E-state index is 11.5. The molecule has 0 saturated carbocycles. The summed E-state index contributed by atoms with van der Waals surface area (Å²) < 4.78 is 0. The van der Waals surface area contributed by atoms with Crippen LogP contribution in [0.3, 0.4) is 0 Å². The minimum Gasteiger partial charge on any atom is -0.294 e. The summed E-state index contributed by atoms with van der Waals surface area (Å²) in [5.74, 6) is 0.0544. The van der Waals surface area contributed by atoms with Gasteiger partial charge >= 0.3 is 0 Å². The van der Waals surface area contributed by atoms with E-state index < -0.39 is 5.41 Å². The first-order valence-electron chi connectivity index (χ1n) is 4.31. The Morgan fingerprint density at radius 3 is 2.31 bits per heavy atom. The molecule has 0 bridgehead atoms. The quantitative estimate of drug-likeness (QED) is 0.644. The lowest BCUT2D eigenvalue weighted by molar-refractivity contribution is -0.118. The predicted molar refractivity (Wildman–Crippen MR) is 54.7 cm³/mol. The van der Waals surface area contributed by atoms with Crippen molar-refractivity contribution in [2.75, 3.05) is 0 Å². The first kappa shape index (κ1) is 9.72. The Bertz CT molecular complexity index is 309. The molecule has 0 aliphatic carbocycles. The Kier molecular flexibility index (Phi) is 2.66. The lowest BCUT2D eigenvalue weighted by Crippen LogP contribution is -2.26. The van der Waals surface area contributed by atoms with E-state index in [0.717, 1.165) is 5.56 Å². The van der Waals surface area contributed by atoms with Gasteiger partial charge in [0.1, 0.15) is 0 Å². The van der Waals surface area contributed by atoms with Crippen LogP contribution in [-0.2, 0) is 10.2 Å². The lowest BCUT2D eigenvalue weighted by atomic mass is 9.81. The predicted octanol–water partition coefficient (Wildman–Crippen LogP) is 2.72. The van der Waals surface area contributed by atoms with Crippen molar-refractivity contribution in [2.24, 2.45) is 0 Å². The second kappa shape index (κ2) is 3.56. The molecule has 13 heavy (non-hydrogen) atoms. The maximum Gasteiger partial charge on any atom is 0.165 e. The summed E-state index contributed by atoms with van der Waals surface area (Å²) in [6.07, 6.45) is 1.38. The van der Waals surface area contributed by atoms with Crippen molar-refractivity contribution in [3.05, 3.63) is 48.6 Å². The molecule has 1 rings (SSSR count). The Hall–Kier alpha value is -1.37. The fourth-order valence-corrected chi connectivity index (χ4v) is 1.25. The fraction of sp³-hybridized carbons (Fsp3) is 0.250. The molecule has 0 unspecified atom stereocenters. The molecule has 1 aromatic carbocycles. The monoisotopic (exact) mass is 174 g/mol. The second-order valence-electron chi connectivity index (χ2n) is 3.56. The van der Waals surface area contributed by atoms with E-state index in [1.807, 2.05) is 44.2 Å². The zero-order valence-corrected chi connectivity index (χ0v) is 8.08. The van der Waals surface area contributed by atoms with Crippen LogP contribution in [0.2, 0.25) is 0 Å². The fourth-order valence-electron chi connectivity index (χ4n) is 1.25. The summed E-state index contributed by atoms with van der Waals surface area (Å²) in [6, 6.07) is 9.74. The Morgan fingerprint density at radius 1 is 1.31 bits per heavy atom. The molecule has 0 atom stereocenters. The average molecular weight is 174 g/mol. The van der Waals surface area contributed by atoms with Gasteiger partial charge in [-0.3, -0.25) is 4.79 Å². The summed E-state index contributed by atoms with van der Waals surface area (Å²) >= 11 is 0. The Morgan fingerprint density at radius 2 is 1.85 bits per heavy atom. The highest BCUT2D eigenvalue weighted by molar-refractivity contribution is 5.97. The largest absolute Gasteiger partial charge is 0.294 e. The van der Waals surface area contributed by atoms with Gasteiger partial charge in [0.05, 0.1) is 5.41 Å². The van der Waals surface area contributed by atoms with Gasteiger partial charge in [-0.05, 0) is 25.5 Å². The van der Waals surface area contributed by atoms with Crippen molar-refractivity contribution in [1.82, 2.24) is 0 Å². The molecule has 1 aromatic rings. The van der Waals surface area contributed by atoms with Crippen molar-refractivity contribution in [2.45, 2.75) is 19.3 Å². The third-order valence-corrected chi connectivity index (χ3v) is 2.30. The van der Waals surface area contributed by atoms with Crippen LogP contribution in [0.25, 0.3) is 0 Å². The van der Waals surface area contributed by atoms with Crippen molar-refractivity contribution in [3.8, 4) is 0 Å². The van der Waals surface area contributed by atoms with Crippen LogP contribution in [0.4, 0.5) is 0 Å². The van der Waals surface area contributed by atoms with Crippen LogP contribution < -0.4 is 0 Å². The molecule has 1 nitrogen and oxygen atoms in total. The molecule has 68 valence electrons. The van der Waals surface area contributed by atoms with Crippen molar-refractivity contribution in [1.29, 1.82) is 0 Å². The van der Waals surface area contributed by atoms with E-state index >= 15 is 0 Å². The summed E-state index contributed by atoms with van der Waals surface area (Å²) in [5.41, 5.74) is 0.572. The lowest BCUT2D eigenvalue weighted by Gasteiger charge is -2.21. The van der Waals surface area contributed by atoms with Gasteiger partial charge in [0.2, 0.25) is 0 Å². The van der Waals surface area contributed by atoms with E-state index in [1.165, 1.54) is 6.08 Å². The minimum atomic E-state index is -0.455. The molecule has 0 aliphatic rings. The zero-order valence-electron chi connectivity index (χ0n) is 8.08. The molecule has 0 saturated heterocycles. The topological polar surface area (TPSA) is 17.1 Å². The molecule has 0 aliphatic heterocycles.